The Labute approximate surface area is 190 Å². The molecule has 2 aliphatic rings. The predicted octanol–water partition coefficient (Wildman–Crippen LogP) is 2.10. The van der Waals surface area contributed by atoms with E-state index >= 15 is 0 Å². The summed E-state index contributed by atoms with van der Waals surface area (Å²) in [6.45, 7) is 3.70. The van der Waals surface area contributed by atoms with Crippen LogP contribution in [0.3, 0.4) is 0 Å². The van der Waals surface area contributed by atoms with Gasteiger partial charge in [-0.25, -0.2) is 4.99 Å². The molecule has 0 aliphatic carbocycles. The number of guanidine groups is 1. The monoisotopic (exact) mass is 458 g/mol. The third-order valence-corrected chi connectivity index (χ3v) is 5.70. The minimum Gasteiger partial charge on any atom is -0.465 e. The van der Waals surface area contributed by atoms with E-state index in [0.29, 0.717) is 48.5 Å². The highest BCUT2D eigenvalue weighted by molar-refractivity contribution is 6.30. The Hall–Kier alpha value is -3.33. The van der Waals surface area contributed by atoms with Crippen LogP contribution >= 0.6 is 11.6 Å². The fourth-order valence-corrected chi connectivity index (χ4v) is 3.93. The molecule has 168 valence electrons. The lowest BCUT2D eigenvalue weighted by Crippen LogP contribution is -2.58. The van der Waals surface area contributed by atoms with Crippen LogP contribution < -0.4 is 5.32 Å². The van der Waals surface area contributed by atoms with Crippen molar-refractivity contribution in [3.63, 3.8) is 0 Å². The Balaban J connectivity index is 1.54. The maximum absolute atomic E-state index is 12.9. The number of rotatable bonds is 4. The van der Waals surface area contributed by atoms with Gasteiger partial charge < -0.3 is 19.0 Å². The number of piperazine rings is 1. The van der Waals surface area contributed by atoms with Gasteiger partial charge in [-0.3, -0.25) is 19.7 Å². The van der Waals surface area contributed by atoms with Gasteiger partial charge in [0.25, 0.3) is 5.91 Å². The first-order valence-electron chi connectivity index (χ1n) is 10.4. The number of hydrogen-bond donors (Lipinski definition) is 1. The maximum atomic E-state index is 12.9. The van der Waals surface area contributed by atoms with Crippen LogP contribution in [-0.2, 0) is 14.3 Å². The number of carbonyl (C=O) groups excluding carboxylic acids is 3. The third kappa shape index (κ3) is 4.47. The molecule has 4 rings (SSSR count). The Morgan fingerprint density at radius 1 is 1.19 bits per heavy atom. The van der Waals surface area contributed by atoms with Gasteiger partial charge in [0.1, 0.15) is 6.04 Å². The van der Waals surface area contributed by atoms with Crippen molar-refractivity contribution in [1.82, 2.24) is 15.1 Å². The van der Waals surface area contributed by atoms with Crippen LogP contribution in [0.2, 0.25) is 5.02 Å². The predicted molar refractivity (Wildman–Crippen MR) is 116 cm³/mol. The van der Waals surface area contributed by atoms with Crippen molar-refractivity contribution in [2.45, 2.75) is 13.0 Å². The van der Waals surface area contributed by atoms with Gasteiger partial charge in [-0.15, -0.1) is 0 Å². The van der Waals surface area contributed by atoms with Crippen molar-refractivity contribution < 1.29 is 23.5 Å². The first kappa shape index (κ1) is 21.9. The number of halogens is 1. The van der Waals surface area contributed by atoms with Crippen LogP contribution in [0.5, 0.6) is 0 Å². The Kier molecular flexibility index (Phi) is 6.45. The summed E-state index contributed by atoms with van der Waals surface area (Å²) in [6.07, 6.45) is 1.46. The molecule has 0 saturated carbocycles. The zero-order chi connectivity index (χ0) is 22.7. The van der Waals surface area contributed by atoms with Crippen molar-refractivity contribution in [2.24, 2.45) is 10.9 Å². The average Bonchev–Trinajstić information content (AvgIpc) is 3.34. The molecular formula is C22H23ClN4O5. The summed E-state index contributed by atoms with van der Waals surface area (Å²) in [5.74, 6) is -1.70. The van der Waals surface area contributed by atoms with Gasteiger partial charge in [0, 0.05) is 31.2 Å². The maximum Gasteiger partial charge on any atom is 0.321 e. The minimum atomic E-state index is -1.10. The number of benzene rings is 1. The number of ether oxygens (including phenoxy) is 1. The van der Waals surface area contributed by atoms with Gasteiger partial charge >= 0.3 is 5.97 Å². The largest absolute Gasteiger partial charge is 0.465 e. The molecule has 0 unspecified atom stereocenters. The fourth-order valence-electron chi connectivity index (χ4n) is 3.80. The Morgan fingerprint density at radius 2 is 1.91 bits per heavy atom. The quantitative estimate of drug-likeness (QED) is 0.555. The van der Waals surface area contributed by atoms with Crippen LogP contribution in [0, 0.1) is 5.92 Å². The minimum absolute atomic E-state index is 0.165. The van der Waals surface area contributed by atoms with Crippen LogP contribution in [-0.4, -0.2) is 66.3 Å². The fraction of sp³-hybridized carbons (Fsp3) is 0.364. The van der Waals surface area contributed by atoms with Crippen molar-refractivity contribution in [1.29, 1.82) is 0 Å². The molecule has 2 aromatic rings. The van der Waals surface area contributed by atoms with E-state index in [4.69, 9.17) is 25.7 Å². The van der Waals surface area contributed by atoms with E-state index in [9.17, 15) is 14.4 Å². The van der Waals surface area contributed by atoms with E-state index in [2.05, 4.69) is 5.32 Å². The molecular weight excluding hydrogens is 436 g/mol. The second-order valence-electron chi connectivity index (χ2n) is 7.42. The summed E-state index contributed by atoms with van der Waals surface area (Å²) in [4.78, 5) is 46.2. The van der Waals surface area contributed by atoms with Crippen molar-refractivity contribution in [3.05, 3.63) is 59.0 Å². The van der Waals surface area contributed by atoms with Gasteiger partial charge in [-0.2, -0.15) is 0 Å². The Bertz CT molecular complexity index is 1010. The van der Waals surface area contributed by atoms with E-state index < -0.39 is 23.8 Å². The van der Waals surface area contributed by atoms with Crippen LogP contribution in [0.15, 0.2) is 52.1 Å². The lowest BCUT2D eigenvalue weighted by atomic mass is 9.91. The summed E-state index contributed by atoms with van der Waals surface area (Å²) in [6, 6.07) is 9.45. The smallest absolute Gasteiger partial charge is 0.321 e. The summed E-state index contributed by atoms with van der Waals surface area (Å²) < 4.78 is 10.3. The zero-order valence-corrected chi connectivity index (χ0v) is 18.2. The number of nitrogens with one attached hydrogen (secondary N) is 1. The SMILES string of the molecule is CCOC(=O)[C@@H]1C(=O)NC(N2CCN(C(=O)c3ccco3)CC2)=N[C@@H]1c1ccc(Cl)cc1. The highest BCUT2D eigenvalue weighted by Gasteiger charge is 2.42. The van der Waals surface area contributed by atoms with E-state index in [1.165, 1.54) is 6.26 Å². The molecule has 0 radical (unpaired) electrons. The first-order valence-corrected chi connectivity index (χ1v) is 10.7. The number of esters is 1. The number of furan rings is 1. The molecule has 2 amide bonds. The summed E-state index contributed by atoms with van der Waals surface area (Å²) in [5.41, 5.74) is 0.687. The van der Waals surface area contributed by atoms with Crippen molar-refractivity contribution >= 4 is 35.3 Å². The summed E-state index contributed by atoms with van der Waals surface area (Å²) in [5, 5.41) is 3.29. The molecule has 1 aromatic heterocycles. The molecule has 9 nitrogen and oxygen atoms in total. The van der Waals surface area contributed by atoms with Crippen molar-refractivity contribution in [3.8, 4) is 0 Å². The topological polar surface area (TPSA) is 104 Å². The molecule has 0 spiro atoms. The molecule has 2 atom stereocenters. The highest BCUT2D eigenvalue weighted by atomic mass is 35.5. The molecule has 0 bridgehead atoms. The van der Waals surface area contributed by atoms with E-state index in [-0.39, 0.29) is 12.5 Å². The number of carbonyl (C=O) groups is 3. The number of nitrogens with zero attached hydrogens (tertiary/aromatic N) is 3. The summed E-state index contributed by atoms with van der Waals surface area (Å²) in [7, 11) is 0. The number of aliphatic imine (C=N–C) groups is 1. The van der Waals surface area contributed by atoms with Gasteiger partial charge in [-0.05, 0) is 36.8 Å². The van der Waals surface area contributed by atoms with Crippen LogP contribution in [0.25, 0.3) is 0 Å². The second-order valence-corrected chi connectivity index (χ2v) is 7.86. The van der Waals surface area contributed by atoms with E-state index in [1.54, 1.807) is 48.2 Å². The molecule has 32 heavy (non-hydrogen) atoms. The normalized spacial score (nSPS) is 21.1. The zero-order valence-electron chi connectivity index (χ0n) is 17.5. The standard InChI is InChI=1S/C22H23ClN4O5/c1-2-31-21(30)17-18(14-5-7-15(23)8-6-14)24-22(25-19(17)28)27-11-9-26(10-12-27)20(29)16-4-3-13-32-16/h3-8,13,17-18H,2,9-12H2,1H3,(H,24,25,28)/t17-,18+/m0/s1. The van der Waals surface area contributed by atoms with Gasteiger partial charge in [0.05, 0.1) is 12.9 Å². The molecule has 2 aliphatic heterocycles. The van der Waals surface area contributed by atoms with E-state index in [1.807, 2.05) is 4.90 Å². The molecule has 3 heterocycles. The molecule has 1 N–H and O–H groups in total. The molecule has 10 heteroatoms. The average molecular weight is 459 g/mol. The number of amides is 2. The van der Waals surface area contributed by atoms with Crippen molar-refractivity contribution in [2.75, 3.05) is 32.8 Å². The van der Waals surface area contributed by atoms with Crippen LogP contribution in [0.1, 0.15) is 29.1 Å². The van der Waals surface area contributed by atoms with E-state index in [0.717, 1.165) is 0 Å². The molecule has 1 aromatic carbocycles. The van der Waals surface area contributed by atoms with Gasteiger partial charge in [0.15, 0.2) is 11.7 Å². The number of hydrogen-bond acceptors (Lipinski definition) is 7. The van der Waals surface area contributed by atoms with Gasteiger partial charge in [0.2, 0.25) is 11.9 Å². The highest BCUT2D eigenvalue weighted by Crippen LogP contribution is 2.31. The third-order valence-electron chi connectivity index (χ3n) is 5.45. The van der Waals surface area contributed by atoms with Gasteiger partial charge in [-0.1, -0.05) is 23.7 Å². The lowest BCUT2D eigenvalue weighted by molar-refractivity contribution is -0.153. The van der Waals surface area contributed by atoms with Crippen LogP contribution in [0.4, 0.5) is 0 Å². The second kappa shape index (κ2) is 9.44. The summed E-state index contributed by atoms with van der Waals surface area (Å²) >= 11 is 6.00. The first-order chi connectivity index (χ1) is 15.5. The lowest BCUT2D eigenvalue weighted by Gasteiger charge is -2.38. The molecule has 1 fully saturated rings. The molecule has 1 saturated heterocycles. The Morgan fingerprint density at radius 3 is 2.53 bits per heavy atom.